The average molecular weight is 291 g/mol. The van der Waals surface area contributed by atoms with Crippen molar-refractivity contribution in [3.63, 3.8) is 0 Å². The standard InChI is InChI=1S/C13H17N5O3/c1-20-12-16-11(17-13(18-12)21-2)15-7-10(19)8-3-5-9(14)6-4-8/h3-6,10,19H,7,14H2,1-2H3,(H,15,16,17,18). The van der Waals surface area contributed by atoms with Gasteiger partial charge in [0.15, 0.2) is 0 Å². The van der Waals surface area contributed by atoms with Crippen LogP contribution < -0.4 is 20.5 Å². The number of nitrogen functional groups attached to an aromatic ring is 1. The number of rotatable bonds is 6. The van der Waals surface area contributed by atoms with Crippen LogP contribution in [0.25, 0.3) is 0 Å². The topological polar surface area (TPSA) is 115 Å². The highest BCUT2D eigenvalue weighted by Gasteiger charge is 2.10. The molecule has 0 saturated heterocycles. The van der Waals surface area contributed by atoms with Crippen LogP contribution in [-0.4, -0.2) is 40.8 Å². The second-order valence-corrected chi connectivity index (χ2v) is 4.20. The highest BCUT2D eigenvalue weighted by atomic mass is 16.5. The molecule has 1 unspecified atom stereocenters. The Morgan fingerprint density at radius 2 is 1.67 bits per heavy atom. The van der Waals surface area contributed by atoms with Gasteiger partial charge >= 0.3 is 12.0 Å². The van der Waals surface area contributed by atoms with Crippen molar-refractivity contribution in [2.75, 3.05) is 31.8 Å². The van der Waals surface area contributed by atoms with E-state index in [0.29, 0.717) is 5.69 Å². The minimum Gasteiger partial charge on any atom is -0.467 e. The predicted octanol–water partition coefficient (Wildman–Crippen LogP) is 0.616. The summed E-state index contributed by atoms with van der Waals surface area (Å²) in [6.45, 7) is 0.222. The lowest BCUT2D eigenvalue weighted by atomic mass is 10.1. The van der Waals surface area contributed by atoms with Gasteiger partial charge < -0.3 is 25.6 Å². The molecular weight excluding hydrogens is 274 g/mol. The van der Waals surface area contributed by atoms with Gasteiger partial charge in [-0.25, -0.2) is 0 Å². The predicted molar refractivity (Wildman–Crippen MR) is 77.2 cm³/mol. The zero-order chi connectivity index (χ0) is 15.2. The molecule has 4 N–H and O–H groups in total. The summed E-state index contributed by atoms with van der Waals surface area (Å²) in [4.78, 5) is 11.9. The Morgan fingerprint density at radius 3 is 2.19 bits per heavy atom. The molecule has 21 heavy (non-hydrogen) atoms. The van der Waals surface area contributed by atoms with Crippen molar-refractivity contribution in [2.24, 2.45) is 0 Å². The van der Waals surface area contributed by atoms with E-state index in [0.717, 1.165) is 5.56 Å². The molecule has 1 aromatic carbocycles. The van der Waals surface area contributed by atoms with E-state index in [-0.39, 0.29) is 24.5 Å². The zero-order valence-electron chi connectivity index (χ0n) is 11.8. The quantitative estimate of drug-likeness (QED) is 0.663. The maximum Gasteiger partial charge on any atom is 0.324 e. The third-order valence-electron chi connectivity index (χ3n) is 2.73. The minimum atomic E-state index is -0.723. The molecule has 0 spiro atoms. The van der Waals surface area contributed by atoms with Crippen LogP contribution in [0, 0.1) is 0 Å². The number of aromatic nitrogens is 3. The monoisotopic (exact) mass is 291 g/mol. The van der Waals surface area contributed by atoms with E-state index in [4.69, 9.17) is 15.2 Å². The van der Waals surface area contributed by atoms with Gasteiger partial charge in [0.1, 0.15) is 0 Å². The molecule has 0 aliphatic rings. The molecule has 8 heteroatoms. The van der Waals surface area contributed by atoms with E-state index in [1.165, 1.54) is 14.2 Å². The van der Waals surface area contributed by atoms with E-state index in [1.54, 1.807) is 24.3 Å². The van der Waals surface area contributed by atoms with Crippen LogP contribution in [0.3, 0.4) is 0 Å². The number of nitrogens with one attached hydrogen (secondary N) is 1. The first-order chi connectivity index (χ1) is 10.1. The van der Waals surface area contributed by atoms with Crippen molar-refractivity contribution >= 4 is 11.6 Å². The van der Waals surface area contributed by atoms with Crippen LogP contribution in [0.15, 0.2) is 24.3 Å². The SMILES string of the molecule is COc1nc(NCC(O)c2ccc(N)cc2)nc(OC)n1. The maximum atomic E-state index is 10.1. The Kier molecular flexibility index (Phi) is 4.72. The van der Waals surface area contributed by atoms with Crippen molar-refractivity contribution in [2.45, 2.75) is 6.10 Å². The number of benzene rings is 1. The van der Waals surface area contributed by atoms with Gasteiger partial charge in [-0.15, -0.1) is 4.98 Å². The van der Waals surface area contributed by atoms with Crippen LogP contribution in [0.5, 0.6) is 12.0 Å². The summed E-state index contributed by atoms with van der Waals surface area (Å²) in [5, 5.41) is 13.0. The van der Waals surface area contributed by atoms with Crippen LogP contribution in [-0.2, 0) is 0 Å². The molecule has 2 rings (SSSR count). The molecule has 0 saturated carbocycles. The fourth-order valence-electron chi connectivity index (χ4n) is 1.62. The van der Waals surface area contributed by atoms with Crippen LogP contribution >= 0.6 is 0 Å². The van der Waals surface area contributed by atoms with Crippen molar-refractivity contribution in [1.82, 2.24) is 15.0 Å². The van der Waals surface area contributed by atoms with Crippen LogP contribution in [0.4, 0.5) is 11.6 Å². The number of anilines is 2. The second kappa shape index (κ2) is 6.71. The number of aliphatic hydroxyl groups excluding tert-OH is 1. The van der Waals surface area contributed by atoms with Crippen molar-refractivity contribution in [1.29, 1.82) is 0 Å². The van der Waals surface area contributed by atoms with Gasteiger partial charge in [0, 0.05) is 12.2 Å². The maximum absolute atomic E-state index is 10.1. The average Bonchev–Trinajstić information content (AvgIpc) is 2.52. The summed E-state index contributed by atoms with van der Waals surface area (Å²) >= 11 is 0. The first-order valence-electron chi connectivity index (χ1n) is 6.24. The molecule has 0 aliphatic carbocycles. The van der Waals surface area contributed by atoms with E-state index in [2.05, 4.69) is 20.3 Å². The normalized spacial score (nSPS) is 11.8. The van der Waals surface area contributed by atoms with E-state index in [1.807, 2.05) is 0 Å². The number of nitrogens with zero attached hydrogens (tertiary/aromatic N) is 3. The fourth-order valence-corrected chi connectivity index (χ4v) is 1.62. The Hall–Kier alpha value is -2.61. The summed E-state index contributed by atoms with van der Waals surface area (Å²) in [6, 6.07) is 7.24. The van der Waals surface area contributed by atoms with Crippen molar-refractivity contribution in [3.8, 4) is 12.0 Å². The number of methoxy groups -OCH3 is 2. The molecule has 112 valence electrons. The Bertz CT molecular complexity index is 569. The molecular formula is C13H17N5O3. The second-order valence-electron chi connectivity index (χ2n) is 4.20. The van der Waals surface area contributed by atoms with Gasteiger partial charge in [0.2, 0.25) is 5.95 Å². The van der Waals surface area contributed by atoms with Gasteiger partial charge in [-0.1, -0.05) is 12.1 Å². The third kappa shape index (κ3) is 3.93. The van der Waals surface area contributed by atoms with Crippen LogP contribution in [0.2, 0.25) is 0 Å². The summed E-state index contributed by atoms with van der Waals surface area (Å²) in [5.74, 6) is 0.258. The smallest absolute Gasteiger partial charge is 0.324 e. The summed E-state index contributed by atoms with van der Waals surface area (Å²) in [6.07, 6.45) is -0.723. The zero-order valence-corrected chi connectivity index (χ0v) is 11.8. The molecule has 0 fully saturated rings. The van der Waals surface area contributed by atoms with Crippen molar-refractivity contribution < 1.29 is 14.6 Å². The first kappa shape index (κ1) is 14.8. The Balaban J connectivity index is 2.03. The molecule has 0 radical (unpaired) electrons. The molecule has 2 aromatic rings. The summed E-state index contributed by atoms with van der Waals surface area (Å²) in [5.41, 5.74) is 6.99. The number of hydrogen-bond acceptors (Lipinski definition) is 8. The molecule has 1 aromatic heterocycles. The lowest BCUT2D eigenvalue weighted by Gasteiger charge is -2.13. The number of aliphatic hydroxyl groups is 1. The number of hydrogen-bond donors (Lipinski definition) is 3. The van der Waals surface area contributed by atoms with Gasteiger partial charge in [0.05, 0.1) is 20.3 Å². The van der Waals surface area contributed by atoms with Crippen LogP contribution in [0.1, 0.15) is 11.7 Å². The highest BCUT2D eigenvalue weighted by molar-refractivity contribution is 5.40. The largest absolute Gasteiger partial charge is 0.467 e. The van der Waals surface area contributed by atoms with Gasteiger partial charge in [0.25, 0.3) is 0 Å². The minimum absolute atomic E-state index is 0.131. The number of nitrogens with two attached hydrogens (primary N) is 1. The Labute approximate surface area is 122 Å². The fraction of sp³-hybridized carbons (Fsp3) is 0.308. The van der Waals surface area contributed by atoms with E-state index >= 15 is 0 Å². The summed E-state index contributed by atoms with van der Waals surface area (Å²) in [7, 11) is 2.89. The van der Waals surface area contributed by atoms with Gasteiger partial charge in [-0.2, -0.15) is 9.97 Å². The van der Waals surface area contributed by atoms with E-state index in [9.17, 15) is 5.11 Å². The molecule has 1 heterocycles. The summed E-state index contributed by atoms with van der Waals surface area (Å²) < 4.78 is 9.89. The number of ether oxygens (including phenoxy) is 2. The third-order valence-corrected chi connectivity index (χ3v) is 2.73. The highest BCUT2D eigenvalue weighted by Crippen LogP contribution is 2.16. The first-order valence-corrected chi connectivity index (χ1v) is 6.24. The lowest BCUT2D eigenvalue weighted by molar-refractivity contribution is 0.191. The van der Waals surface area contributed by atoms with E-state index < -0.39 is 6.10 Å². The Morgan fingerprint density at radius 1 is 1.10 bits per heavy atom. The van der Waals surface area contributed by atoms with Gasteiger partial charge in [-0.05, 0) is 17.7 Å². The molecule has 1 atom stereocenters. The molecule has 0 amide bonds. The van der Waals surface area contributed by atoms with Gasteiger partial charge in [-0.3, -0.25) is 0 Å². The lowest BCUT2D eigenvalue weighted by Crippen LogP contribution is -2.15. The van der Waals surface area contributed by atoms with Crippen molar-refractivity contribution in [3.05, 3.63) is 29.8 Å². The molecule has 0 aliphatic heterocycles. The molecule has 8 nitrogen and oxygen atoms in total. The molecule has 0 bridgehead atoms.